The van der Waals surface area contributed by atoms with Crippen LogP contribution < -0.4 is 4.90 Å². The fourth-order valence-corrected chi connectivity index (χ4v) is 3.44. The van der Waals surface area contributed by atoms with E-state index in [1.807, 2.05) is 4.90 Å². The molecule has 0 amide bonds. The highest BCUT2D eigenvalue weighted by molar-refractivity contribution is 5.82. The number of fused-ring (bicyclic) bond motifs is 2. The minimum atomic E-state index is -4.32. The van der Waals surface area contributed by atoms with Gasteiger partial charge in [0.25, 0.3) is 0 Å². The Kier molecular flexibility index (Phi) is 3.22. The molecule has 0 N–H and O–H groups in total. The molecule has 0 aliphatic carbocycles. The highest BCUT2D eigenvalue weighted by atomic mass is 19.4. The first kappa shape index (κ1) is 13.5. The Balaban J connectivity index is 1.94. The summed E-state index contributed by atoms with van der Waals surface area (Å²) in [5.74, 6) is 0.239. The number of rotatable bonds is 1. The Morgan fingerprint density at radius 1 is 1.10 bits per heavy atom. The highest BCUT2D eigenvalue weighted by Gasteiger charge is 2.38. The van der Waals surface area contributed by atoms with Crippen molar-refractivity contribution in [2.24, 2.45) is 0 Å². The summed E-state index contributed by atoms with van der Waals surface area (Å²) in [6.45, 7) is 0. The Morgan fingerprint density at radius 2 is 1.75 bits per heavy atom. The predicted octanol–water partition coefficient (Wildman–Crippen LogP) is 3.80. The molecule has 108 valence electrons. The lowest BCUT2D eigenvalue weighted by molar-refractivity contribution is -0.137. The van der Waals surface area contributed by atoms with Gasteiger partial charge in [-0.05, 0) is 37.5 Å². The van der Waals surface area contributed by atoms with Gasteiger partial charge in [-0.3, -0.25) is 4.79 Å². The largest absolute Gasteiger partial charge is 0.416 e. The Hall–Kier alpha value is -1.52. The van der Waals surface area contributed by atoms with Crippen molar-refractivity contribution >= 4 is 11.5 Å². The van der Waals surface area contributed by atoms with Crippen LogP contribution in [-0.2, 0) is 11.0 Å². The fourth-order valence-electron chi connectivity index (χ4n) is 3.44. The molecule has 2 unspecified atom stereocenters. The van der Waals surface area contributed by atoms with Crippen molar-refractivity contribution in [2.45, 2.75) is 50.4 Å². The summed E-state index contributed by atoms with van der Waals surface area (Å²) in [6.07, 6.45) is -0.564. The number of carbonyl (C=O) groups is 1. The number of benzene rings is 1. The van der Waals surface area contributed by atoms with Crippen molar-refractivity contribution in [1.82, 2.24) is 0 Å². The quantitative estimate of drug-likeness (QED) is 0.781. The van der Waals surface area contributed by atoms with Crippen LogP contribution in [0.2, 0.25) is 0 Å². The van der Waals surface area contributed by atoms with Gasteiger partial charge in [0.2, 0.25) is 0 Å². The molecule has 1 aromatic rings. The lowest BCUT2D eigenvalue weighted by Gasteiger charge is -2.47. The molecule has 3 rings (SSSR count). The molecule has 2 fully saturated rings. The van der Waals surface area contributed by atoms with E-state index in [-0.39, 0.29) is 17.9 Å². The summed E-state index contributed by atoms with van der Waals surface area (Å²) in [5.41, 5.74) is -0.0213. The zero-order chi connectivity index (χ0) is 14.3. The van der Waals surface area contributed by atoms with Gasteiger partial charge in [0, 0.05) is 30.6 Å². The summed E-state index contributed by atoms with van der Waals surface area (Å²) in [5, 5.41) is 0. The highest BCUT2D eigenvalue weighted by Crippen LogP contribution is 2.38. The molecule has 2 aliphatic rings. The van der Waals surface area contributed by atoms with Crippen molar-refractivity contribution in [3.05, 3.63) is 29.8 Å². The van der Waals surface area contributed by atoms with E-state index in [2.05, 4.69) is 0 Å². The van der Waals surface area contributed by atoms with Crippen LogP contribution in [0.5, 0.6) is 0 Å². The van der Waals surface area contributed by atoms with Crippen molar-refractivity contribution in [3.8, 4) is 0 Å². The Labute approximate surface area is 115 Å². The van der Waals surface area contributed by atoms with Gasteiger partial charge in [0.1, 0.15) is 5.78 Å². The second kappa shape index (κ2) is 4.79. The molecule has 2 heterocycles. The van der Waals surface area contributed by atoms with Crippen LogP contribution in [-0.4, -0.2) is 17.9 Å². The molecule has 0 spiro atoms. The maximum Gasteiger partial charge on any atom is 0.416 e. The van der Waals surface area contributed by atoms with E-state index < -0.39 is 11.7 Å². The summed E-state index contributed by atoms with van der Waals surface area (Å²) in [7, 11) is 0. The van der Waals surface area contributed by atoms with Gasteiger partial charge in [-0.25, -0.2) is 0 Å². The number of hydrogen-bond donors (Lipinski definition) is 0. The second-order valence-electron chi connectivity index (χ2n) is 5.64. The Bertz CT molecular complexity index is 510. The third kappa shape index (κ3) is 2.41. The van der Waals surface area contributed by atoms with E-state index in [1.165, 1.54) is 12.1 Å². The number of carbonyl (C=O) groups excluding carboxylic acids is 1. The molecule has 2 nitrogen and oxygen atoms in total. The third-order valence-corrected chi connectivity index (χ3v) is 4.26. The number of ketones is 1. The molecular formula is C15H16F3NO. The van der Waals surface area contributed by atoms with Gasteiger partial charge < -0.3 is 4.90 Å². The monoisotopic (exact) mass is 283 g/mol. The second-order valence-corrected chi connectivity index (χ2v) is 5.64. The zero-order valence-electron chi connectivity index (χ0n) is 11.0. The molecular weight excluding hydrogens is 267 g/mol. The Morgan fingerprint density at radius 3 is 2.35 bits per heavy atom. The number of alkyl halides is 3. The first-order chi connectivity index (χ1) is 9.45. The topological polar surface area (TPSA) is 20.3 Å². The standard InChI is InChI=1S/C15H16F3NO/c16-15(17,18)10-3-1-4-11(7-10)19-12-5-2-6-13(19)9-14(20)8-12/h1,3-4,7,12-13H,2,5-6,8-9H2. The van der Waals surface area contributed by atoms with E-state index >= 15 is 0 Å². The zero-order valence-corrected chi connectivity index (χ0v) is 11.0. The first-order valence-corrected chi connectivity index (χ1v) is 6.92. The van der Waals surface area contributed by atoms with Gasteiger partial charge in [0.15, 0.2) is 0 Å². The van der Waals surface area contributed by atoms with Crippen LogP contribution >= 0.6 is 0 Å². The minimum absolute atomic E-state index is 0.0680. The number of piperidine rings is 2. The summed E-state index contributed by atoms with van der Waals surface area (Å²) < 4.78 is 38.4. The van der Waals surface area contributed by atoms with Crippen molar-refractivity contribution < 1.29 is 18.0 Å². The molecule has 2 atom stereocenters. The molecule has 5 heteroatoms. The van der Waals surface area contributed by atoms with E-state index in [4.69, 9.17) is 0 Å². The SMILES string of the molecule is O=C1CC2CCCC(C1)N2c1cccc(C(F)(F)F)c1. The molecule has 2 aliphatic heterocycles. The van der Waals surface area contributed by atoms with Crippen LogP contribution in [0, 0.1) is 0 Å². The molecule has 0 radical (unpaired) electrons. The summed E-state index contributed by atoms with van der Waals surface area (Å²) in [4.78, 5) is 13.7. The van der Waals surface area contributed by atoms with E-state index in [9.17, 15) is 18.0 Å². The fraction of sp³-hybridized carbons (Fsp3) is 0.533. The van der Waals surface area contributed by atoms with Gasteiger partial charge in [-0.1, -0.05) is 6.07 Å². The van der Waals surface area contributed by atoms with Gasteiger partial charge in [-0.2, -0.15) is 13.2 Å². The lowest BCUT2D eigenvalue weighted by Crippen LogP contribution is -2.52. The molecule has 0 saturated carbocycles. The van der Waals surface area contributed by atoms with Crippen LogP contribution in [0.25, 0.3) is 0 Å². The number of halogens is 3. The van der Waals surface area contributed by atoms with Gasteiger partial charge >= 0.3 is 6.18 Å². The maximum absolute atomic E-state index is 12.8. The smallest absolute Gasteiger partial charge is 0.365 e. The van der Waals surface area contributed by atoms with E-state index in [0.717, 1.165) is 25.3 Å². The number of Topliss-reactive ketones (excluding diaryl/α,β-unsaturated/α-hetero) is 1. The van der Waals surface area contributed by atoms with Crippen molar-refractivity contribution in [1.29, 1.82) is 0 Å². The molecule has 20 heavy (non-hydrogen) atoms. The molecule has 2 bridgehead atoms. The van der Waals surface area contributed by atoms with Crippen molar-refractivity contribution in [2.75, 3.05) is 4.90 Å². The molecule has 1 aromatic carbocycles. The predicted molar refractivity (Wildman–Crippen MR) is 69.6 cm³/mol. The summed E-state index contributed by atoms with van der Waals surface area (Å²) in [6, 6.07) is 5.60. The maximum atomic E-state index is 12.8. The number of anilines is 1. The lowest BCUT2D eigenvalue weighted by atomic mass is 9.83. The van der Waals surface area contributed by atoms with E-state index in [1.54, 1.807) is 6.07 Å². The summed E-state index contributed by atoms with van der Waals surface area (Å²) >= 11 is 0. The minimum Gasteiger partial charge on any atom is -0.365 e. The number of nitrogens with zero attached hydrogens (tertiary/aromatic N) is 1. The first-order valence-electron chi connectivity index (χ1n) is 6.92. The van der Waals surface area contributed by atoms with Crippen LogP contribution in [0.3, 0.4) is 0 Å². The van der Waals surface area contributed by atoms with Gasteiger partial charge in [0.05, 0.1) is 5.56 Å². The van der Waals surface area contributed by atoms with Crippen molar-refractivity contribution in [3.63, 3.8) is 0 Å². The van der Waals surface area contributed by atoms with E-state index in [0.29, 0.717) is 18.5 Å². The molecule has 2 saturated heterocycles. The van der Waals surface area contributed by atoms with Crippen LogP contribution in [0.15, 0.2) is 24.3 Å². The number of hydrogen-bond acceptors (Lipinski definition) is 2. The van der Waals surface area contributed by atoms with Gasteiger partial charge in [-0.15, -0.1) is 0 Å². The normalized spacial score (nSPS) is 26.8. The third-order valence-electron chi connectivity index (χ3n) is 4.26. The van der Waals surface area contributed by atoms with Crippen LogP contribution in [0.1, 0.15) is 37.7 Å². The molecule has 0 aromatic heterocycles. The average molecular weight is 283 g/mol. The van der Waals surface area contributed by atoms with Crippen LogP contribution in [0.4, 0.5) is 18.9 Å². The average Bonchev–Trinajstić information content (AvgIpc) is 2.37.